The molecular formula is C16H25NO3. The lowest BCUT2D eigenvalue weighted by Crippen LogP contribution is -2.28. The van der Waals surface area contributed by atoms with Gasteiger partial charge in [0.2, 0.25) is 0 Å². The third kappa shape index (κ3) is 4.85. The minimum atomic E-state index is -0.382. The molecule has 112 valence electrons. The second-order valence-corrected chi connectivity index (χ2v) is 5.27. The molecular weight excluding hydrogens is 254 g/mol. The highest BCUT2D eigenvalue weighted by molar-refractivity contribution is 5.94. The molecule has 0 aliphatic rings. The standard InChI is InChI=1S/C16H25NO3/c1-5-20-15-10-13(7-6-12(15)4)16(19)17-9-8-14(18)11(2)3/h6-7,10-11,14,18H,5,8-9H2,1-4H3,(H,17,19). The Balaban J connectivity index is 2.57. The van der Waals surface area contributed by atoms with Gasteiger partial charge in [-0.1, -0.05) is 19.9 Å². The summed E-state index contributed by atoms with van der Waals surface area (Å²) in [6.45, 7) is 8.83. The average Bonchev–Trinajstić information content (AvgIpc) is 2.41. The van der Waals surface area contributed by atoms with Gasteiger partial charge < -0.3 is 15.2 Å². The number of aliphatic hydroxyl groups is 1. The van der Waals surface area contributed by atoms with Gasteiger partial charge in [0.15, 0.2) is 0 Å². The van der Waals surface area contributed by atoms with Crippen molar-refractivity contribution in [2.45, 2.75) is 40.2 Å². The van der Waals surface area contributed by atoms with Crippen molar-refractivity contribution in [3.05, 3.63) is 29.3 Å². The van der Waals surface area contributed by atoms with Crippen LogP contribution in [0.25, 0.3) is 0 Å². The summed E-state index contributed by atoms with van der Waals surface area (Å²) in [6, 6.07) is 5.42. The van der Waals surface area contributed by atoms with Gasteiger partial charge in [0.25, 0.3) is 5.91 Å². The lowest BCUT2D eigenvalue weighted by Gasteiger charge is -2.15. The van der Waals surface area contributed by atoms with Crippen LogP contribution < -0.4 is 10.1 Å². The Bertz CT molecular complexity index is 443. The van der Waals surface area contributed by atoms with Gasteiger partial charge in [-0.3, -0.25) is 4.79 Å². The van der Waals surface area contributed by atoms with E-state index < -0.39 is 0 Å². The van der Waals surface area contributed by atoms with Crippen molar-refractivity contribution in [2.75, 3.05) is 13.2 Å². The molecule has 0 spiro atoms. The van der Waals surface area contributed by atoms with Gasteiger partial charge in [0.05, 0.1) is 12.7 Å². The minimum absolute atomic E-state index is 0.137. The number of rotatable bonds is 7. The van der Waals surface area contributed by atoms with Crippen LogP contribution in [0.5, 0.6) is 5.75 Å². The van der Waals surface area contributed by atoms with Crippen LogP contribution in [0.3, 0.4) is 0 Å². The highest BCUT2D eigenvalue weighted by Crippen LogP contribution is 2.19. The molecule has 0 fully saturated rings. The first-order valence-corrected chi connectivity index (χ1v) is 7.15. The van der Waals surface area contributed by atoms with Gasteiger partial charge in [-0.15, -0.1) is 0 Å². The largest absolute Gasteiger partial charge is 0.494 e. The first-order chi connectivity index (χ1) is 9.45. The summed E-state index contributed by atoms with van der Waals surface area (Å²) >= 11 is 0. The van der Waals surface area contributed by atoms with Gasteiger partial charge in [-0.25, -0.2) is 0 Å². The molecule has 0 saturated carbocycles. The molecule has 0 radical (unpaired) electrons. The van der Waals surface area contributed by atoms with E-state index in [9.17, 15) is 9.90 Å². The number of ether oxygens (including phenoxy) is 1. The number of aryl methyl sites for hydroxylation is 1. The van der Waals surface area contributed by atoms with E-state index in [1.165, 1.54) is 0 Å². The molecule has 4 nitrogen and oxygen atoms in total. The normalized spacial score (nSPS) is 12.3. The van der Waals surface area contributed by atoms with Gasteiger partial charge in [-0.05, 0) is 43.9 Å². The highest BCUT2D eigenvalue weighted by atomic mass is 16.5. The van der Waals surface area contributed by atoms with E-state index in [0.717, 1.165) is 11.3 Å². The molecule has 0 heterocycles. The zero-order valence-electron chi connectivity index (χ0n) is 12.8. The van der Waals surface area contributed by atoms with Crippen molar-refractivity contribution in [1.29, 1.82) is 0 Å². The van der Waals surface area contributed by atoms with Crippen molar-refractivity contribution in [3.63, 3.8) is 0 Å². The number of hydrogen-bond acceptors (Lipinski definition) is 3. The van der Waals surface area contributed by atoms with Crippen LogP contribution in [0.2, 0.25) is 0 Å². The van der Waals surface area contributed by atoms with Gasteiger partial charge >= 0.3 is 0 Å². The fraction of sp³-hybridized carbons (Fsp3) is 0.562. The molecule has 2 N–H and O–H groups in total. The summed E-state index contributed by atoms with van der Waals surface area (Å²) in [5, 5.41) is 12.5. The molecule has 0 aromatic heterocycles. The summed E-state index contributed by atoms with van der Waals surface area (Å²) in [7, 11) is 0. The zero-order chi connectivity index (χ0) is 15.1. The number of benzene rings is 1. The Hall–Kier alpha value is -1.55. The predicted molar refractivity (Wildman–Crippen MR) is 80.1 cm³/mol. The minimum Gasteiger partial charge on any atom is -0.494 e. The van der Waals surface area contributed by atoms with E-state index in [1.807, 2.05) is 33.8 Å². The summed E-state index contributed by atoms with van der Waals surface area (Å²) in [6.07, 6.45) is 0.181. The predicted octanol–water partition coefficient (Wildman–Crippen LogP) is 2.53. The third-order valence-electron chi connectivity index (χ3n) is 3.25. The summed E-state index contributed by atoms with van der Waals surface area (Å²) in [5.74, 6) is 0.806. The molecule has 0 bridgehead atoms. The Kier molecular flexibility index (Phi) is 6.52. The van der Waals surface area contributed by atoms with Crippen molar-refractivity contribution in [1.82, 2.24) is 5.32 Å². The Labute approximate surface area is 121 Å². The molecule has 0 aliphatic carbocycles. The van der Waals surface area contributed by atoms with E-state index in [2.05, 4.69) is 5.32 Å². The maximum atomic E-state index is 12.0. The van der Waals surface area contributed by atoms with Crippen LogP contribution in [0.1, 0.15) is 43.1 Å². The number of nitrogens with one attached hydrogen (secondary N) is 1. The quantitative estimate of drug-likeness (QED) is 0.806. The monoisotopic (exact) mass is 279 g/mol. The van der Waals surface area contributed by atoms with Crippen molar-refractivity contribution < 1.29 is 14.6 Å². The fourth-order valence-electron chi connectivity index (χ4n) is 1.82. The lowest BCUT2D eigenvalue weighted by atomic mass is 10.0. The van der Waals surface area contributed by atoms with Crippen molar-refractivity contribution >= 4 is 5.91 Å². The molecule has 1 atom stereocenters. The smallest absolute Gasteiger partial charge is 0.251 e. The molecule has 1 rings (SSSR count). The summed E-state index contributed by atoms with van der Waals surface area (Å²) < 4.78 is 5.48. The van der Waals surface area contributed by atoms with Gasteiger partial charge in [0, 0.05) is 12.1 Å². The molecule has 4 heteroatoms. The first-order valence-electron chi connectivity index (χ1n) is 7.15. The number of hydrogen-bond donors (Lipinski definition) is 2. The van der Waals surface area contributed by atoms with E-state index in [4.69, 9.17) is 4.74 Å². The second kappa shape index (κ2) is 7.90. The molecule has 0 aliphatic heterocycles. The Morgan fingerprint density at radius 2 is 2.10 bits per heavy atom. The van der Waals surface area contributed by atoms with Gasteiger partial charge in [-0.2, -0.15) is 0 Å². The second-order valence-electron chi connectivity index (χ2n) is 5.27. The lowest BCUT2D eigenvalue weighted by molar-refractivity contribution is 0.0919. The summed E-state index contributed by atoms with van der Waals surface area (Å²) in [5.41, 5.74) is 1.59. The van der Waals surface area contributed by atoms with Gasteiger partial charge in [0.1, 0.15) is 5.75 Å². The maximum Gasteiger partial charge on any atom is 0.251 e. The van der Waals surface area contributed by atoms with E-state index in [0.29, 0.717) is 25.1 Å². The van der Waals surface area contributed by atoms with E-state index in [1.54, 1.807) is 12.1 Å². The Morgan fingerprint density at radius 1 is 1.40 bits per heavy atom. The van der Waals surface area contributed by atoms with Crippen LogP contribution in [-0.2, 0) is 0 Å². The maximum absolute atomic E-state index is 12.0. The van der Waals surface area contributed by atoms with E-state index in [-0.39, 0.29) is 17.9 Å². The zero-order valence-corrected chi connectivity index (χ0v) is 12.8. The highest BCUT2D eigenvalue weighted by Gasteiger charge is 2.11. The molecule has 1 amide bonds. The number of carbonyl (C=O) groups is 1. The molecule has 0 saturated heterocycles. The fourth-order valence-corrected chi connectivity index (χ4v) is 1.82. The molecule has 1 aromatic rings. The number of carbonyl (C=O) groups excluding carboxylic acids is 1. The SMILES string of the molecule is CCOc1cc(C(=O)NCCC(O)C(C)C)ccc1C. The van der Waals surface area contributed by atoms with Crippen LogP contribution in [0, 0.1) is 12.8 Å². The Morgan fingerprint density at radius 3 is 2.70 bits per heavy atom. The average molecular weight is 279 g/mol. The third-order valence-corrected chi connectivity index (χ3v) is 3.25. The van der Waals surface area contributed by atoms with Crippen LogP contribution in [0.15, 0.2) is 18.2 Å². The van der Waals surface area contributed by atoms with Crippen molar-refractivity contribution in [2.24, 2.45) is 5.92 Å². The first kappa shape index (κ1) is 16.5. The van der Waals surface area contributed by atoms with Crippen LogP contribution in [0.4, 0.5) is 0 Å². The summed E-state index contributed by atoms with van der Waals surface area (Å²) in [4.78, 5) is 12.0. The van der Waals surface area contributed by atoms with E-state index >= 15 is 0 Å². The van der Waals surface area contributed by atoms with Crippen LogP contribution >= 0.6 is 0 Å². The van der Waals surface area contributed by atoms with Crippen LogP contribution in [-0.4, -0.2) is 30.3 Å². The number of aliphatic hydroxyl groups excluding tert-OH is 1. The molecule has 20 heavy (non-hydrogen) atoms. The van der Waals surface area contributed by atoms with Crippen molar-refractivity contribution in [3.8, 4) is 5.75 Å². The molecule has 1 unspecified atom stereocenters. The molecule has 1 aromatic carbocycles. The topological polar surface area (TPSA) is 58.6 Å². The number of amides is 1.